The van der Waals surface area contributed by atoms with Crippen molar-refractivity contribution in [3.8, 4) is 11.5 Å². The standard InChI is InChI=1S/C21H21NO8S/c1-4-30-17-10-12(8-9-16(17)29-2)15(11-31(3,27)28)22-19(23)13-6-5-7-14(21(25)26)18(13)20(22)24/h5-10,15H,4,11H2,1-3H3,(H,25,26). The summed E-state index contributed by atoms with van der Waals surface area (Å²) in [6.45, 7) is 2.07. The van der Waals surface area contributed by atoms with Crippen molar-refractivity contribution in [2.75, 3.05) is 25.7 Å². The van der Waals surface area contributed by atoms with E-state index in [1.54, 1.807) is 19.1 Å². The Kier molecular flexibility index (Phi) is 6.03. The molecule has 2 aromatic carbocycles. The fraction of sp³-hybridized carbons (Fsp3) is 0.286. The number of methoxy groups -OCH3 is 1. The molecule has 10 heteroatoms. The summed E-state index contributed by atoms with van der Waals surface area (Å²) in [5.41, 5.74) is -0.318. The minimum Gasteiger partial charge on any atom is -0.493 e. The third-order valence-electron chi connectivity index (χ3n) is 4.82. The Morgan fingerprint density at radius 3 is 2.42 bits per heavy atom. The molecular formula is C21H21NO8S. The highest BCUT2D eigenvalue weighted by atomic mass is 32.2. The van der Waals surface area contributed by atoms with E-state index < -0.39 is 39.4 Å². The molecule has 1 heterocycles. The Labute approximate surface area is 179 Å². The van der Waals surface area contributed by atoms with E-state index in [2.05, 4.69) is 0 Å². The normalized spacial score (nSPS) is 14.4. The number of imide groups is 1. The van der Waals surface area contributed by atoms with Gasteiger partial charge in [-0.2, -0.15) is 0 Å². The molecule has 1 atom stereocenters. The molecule has 0 radical (unpaired) electrons. The highest BCUT2D eigenvalue weighted by Gasteiger charge is 2.44. The van der Waals surface area contributed by atoms with Crippen LogP contribution in [0.4, 0.5) is 0 Å². The van der Waals surface area contributed by atoms with E-state index in [0.717, 1.165) is 11.2 Å². The largest absolute Gasteiger partial charge is 0.493 e. The highest BCUT2D eigenvalue weighted by Crippen LogP contribution is 2.37. The van der Waals surface area contributed by atoms with E-state index in [1.165, 1.54) is 31.4 Å². The molecule has 0 saturated carbocycles. The molecule has 164 valence electrons. The van der Waals surface area contributed by atoms with Gasteiger partial charge >= 0.3 is 5.97 Å². The number of carboxylic acids is 1. The second kappa shape index (κ2) is 8.38. The van der Waals surface area contributed by atoms with Gasteiger partial charge in [0.1, 0.15) is 9.84 Å². The first-order chi connectivity index (χ1) is 14.6. The molecule has 2 aromatic rings. The maximum atomic E-state index is 13.2. The van der Waals surface area contributed by atoms with Crippen LogP contribution < -0.4 is 9.47 Å². The summed E-state index contributed by atoms with van der Waals surface area (Å²) in [4.78, 5) is 38.6. The molecule has 0 spiro atoms. The average Bonchev–Trinajstić information content (AvgIpc) is 2.96. The first kappa shape index (κ1) is 22.3. The van der Waals surface area contributed by atoms with Crippen LogP contribution in [-0.4, -0.2) is 61.9 Å². The number of ether oxygens (including phenoxy) is 2. The van der Waals surface area contributed by atoms with Crippen LogP contribution in [0.5, 0.6) is 11.5 Å². The first-order valence-electron chi connectivity index (χ1n) is 9.31. The zero-order chi connectivity index (χ0) is 22.9. The van der Waals surface area contributed by atoms with E-state index in [4.69, 9.17) is 9.47 Å². The van der Waals surface area contributed by atoms with E-state index in [-0.39, 0.29) is 16.7 Å². The number of carboxylic acid groups (broad SMARTS) is 1. The third-order valence-corrected chi connectivity index (χ3v) is 5.74. The van der Waals surface area contributed by atoms with Gasteiger partial charge in [0.2, 0.25) is 0 Å². The minimum atomic E-state index is -3.64. The maximum absolute atomic E-state index is 13.2. The van der Waals surface area contributed by atoms with Gasteiger partial charge in [-0.05, 0) is 36.8 Å². The lowest BCUT2D eigenvalue weighted by atomic mass is 10.0. The van der Waals surface area contributed by atoms with Crippen molar-refractivity contribution < 1.29 is 37.4 Å². The van der Waals surface area contributed by atoms with Crippen molar-refractivity contribution in [2.24, 2.45) is 0 Å². The van der Waals surface area contributed by atoms with Crippen LogP contribution in [0.1, 0.15) is 49.6 Å². The molecule has 1 N–H and O–H groups in total. The predicted molar refractivity (Wildman–Crippen MR) is 111 cm³/mol. The lowest BCUT2D eigenvalue weighted by Gasteiger charge is -2.26. The van der Waals surface area contributed by atoms with Crippen molar-refractivity contribution in [3.05, 3.63) is 58.7 Å². The number of aromatic carboxylic acids is 1. The molecule has 0 aliphatic carbocycles. The number of carbonyl (C=O) groups is 3. The van der Waals surface area contributed by atoms with Crippen LogP contribution in [0.3, 0.4) is 0 Å². The molecule has 3 rings (SSSR count). The van der Waals surface area contributed by atoms with Gasteiger partial charge in [0.15, 0.2) is 11.5 Å². The Morgan fingerprint density at radius 2 is 1.84 bits per heavy atom. The summed E-state index contributed by atoms with van der Waals surface area (Å²) >= 11 is 0. The van der Waals surface area contributed by atoms with E-state index in [0.29, 0.717) is 23.7 Å². The van der Waals surface area contributed by atoms with Crippen molar-refractivity contribution >= 4 is 27.6 Å². The first-order valence-corrected chi connectivity index (χ1v) is 11.4. The summed E-state index contributed by atoms with van der Waals surface area (Å²) in [5.74, 6) is -2.80. The number of amides is 2. The lowest BCUT2D eigenvalue weighted by molar-refractivity contribution is 0.0588. The molecule has 2 amide bonds. The van der Waals surface area contributed by atoms with Gasteiger partial charge in [0.25, 0.3) is 11.8 Å². The zero-order valence-corrected chi connectivity index (χ0v) is 17.9. The number of fused-ring (bicyclic) bond motifs is 1. The fourth-order valence-electron chi connectivity index (χ4n) is 3.54. The topological polar surface area (TPSA) is 127 Å². The van der Waals surface area contributed by atoms with Gasteiger partial charge in [-0.25, -0.2) is 13.2 Å². The number of hydrogen-bond donors (Lipinski definition) is 1. The summed E-state index contributed by atoms with van der Waals surface area (Å²) in [6.07, 6.45) is 0.994. The number of carbonyl (C=O) groups excluding carboxylic acids is 2. The highest BCUT2D eigenvalue weighted by molar-refractivity contribution is 7.90. The SMILES string of the molecule is CCOc1cc(C(CS(C)(=O)=O)N2C(=O)c3cccc(C(=O)O)c3C2=O)ccc1OC. The fourth-order valence-corrected chi connectivity index (χ4v) is 4.46. The van der Waals surface area contributed by atoms with Gasteiger partial charge in [0, 0.05) is 6.26 Å². The minimum absolute atomic E-state index is 0.0815. The monoisotopic (exact) mass is 447 g/mol. The average molecular weight is 447 g/mol. The van der Waals surface area contributed by atoms with Crippen molar-refractivity contribution in [2.45, 2.75) is 13.0 Å². The number of sulfone groups is 1. The third kappa shape index (κ3) is 4.24. The Morgan fingerprint density at radius 1 is 1.13 bits per heavy atom. The molecule has 0 aromatic heterocycles. The van der Waals surface area contributed by atoms with Crippen LogP contribution in [-0.2, 0) is 9.84 Å². The molecule has 1 aliphatic rings. The van der Waals surface area contributed by atoms with E-state index >= 15 is 0 Å². The van der Waals surface area contributed by atoms with Crippen molar-refractivity contribution in [1.29, 1.82) is 0 Å². The summed E-state index contributed by atoms with van der Waals surface area (Å²) in [5, 5.41) is 9.43. The number of nitrogens with zero attached hydrogens (tertiary/aromatic N) is 1. The quantitative estimate of drug-likeness (QED) is 0.610. The number of hydrogen-bond acceptors (Lipinski definition) is 7. The van der Waals surface area contributed by atoms with Gasteiger partial charge in [-0.1, -0.05) is 12.1 Å². The molecule has 1 aliphatic heterocycles. The van der Waals surface area contributed by atoms with E-state index in [9.17, 15) is 27.9 Å². The van der Waals surface area contributed by atoms with Crippen LogP contribution in [0, 0.1) is 0 Å². The van der Waals surface area contributed by atoms with Gasteiger partial charge < -0.3 is 14.6 Å². The predicted octanol–water partition coefficient (Wildman–Crippen LogP) is 2.17. The maximum Gasteiger partial charge on any atom is 0.336 e. The smallest absolute Gasteiger partial charge is 0.336 e. The Hall–Kier alpha value is -3.40. The van der Waals surface area contributed by atoms with E-state index in [1.807, 2.05) is 0 Å². The molecular weight excluding hydrogens is 426 g/mol. The van der Waals surface area contributed by atoms with Crippen LogP contribution in [0.15, 0.2) is 36.4 Å². The second-order valence-electron chi connectivity index (χ2n) is 6.97. The summed E-state index contributed by atoms with van der Waals surface area (Å²) in [7, 11) is -2.20. The summed E-state index contributed by atoms with van der Waals surface area (Å²) in [6, 6.07) is 7.36. The molecule has 1 unspecified atom stereocenters. The van der Waals surface area contributed by atoms with Crippen LogP contribution in [0.2, 0.25) is 0 Å². The summed E-state index contributed by atoms with van der Waals surface area (Å²) < 4.78 is 35.1. The Balaban J connectivity index is 2.16. The second-order valence-corrected chi connectivity index (χ2v) is 9.15. The van der Waals surface area contributed by atoms with Gasteiger partial charge in [-0.15, -0.1) is 0 Å². The molecule has 0 saturated heterocycles. The Bertz CT molecular complexity index is 1170. The molecule has 31 heavy (non-hydrogen) atoms. The molecule has 0 bridgehead atoms. The van der Waals surface area contributed by atoms with Crippen molar-refractivity contribution in [1.82, 2.24) is 4.90 Å². The van der Waals surface area contributed by atoms with Crippen LogP contribution >= 0.6 is 0 Å². The molecule has 9 nitrogen and oxygen atoms in total. The number of benzene rings is 2. The number of rotatable bonds is 8. The van der Waals surface area contributed by atoms with Gasteiger partial charge in [0.05, 0.1) is 42.2 Å². The van der Waals surface area contributed by atoms with Crippen molar-refractivity contribution in [3.63, 3.8) is 0 Å². The van der Waals surface area contributed by atoms with Gasteiger partial charge in [-0.3, -0.25) is 14.5 Å². The lowest BCUT2D eigenvalue weighted by Crippen LogP contribution is -2.38. The van der Waals surface area contributed by atoms with Crippen LogP contribution in [0.25, 0.3) is 0 Å². The zero-order valence-electron chi connectivity index (χ0n) is 17.1. The molecule has 0 fully saturated rings.